The minimum absolute atomic E-state index is 0.605. The molecule has 18 heavy (non-hydrogen) atoms. The van der Waals surface area contributed by atoms with E-state index in [0.717, 1.165) is 30.8 Å². The topological polar surface area (TPSA) is 57.9 Å². The maximum Gasteiger partial charge on any atom is 0.137 e. The van der Waals surface area contributed by atoms with Crippen LogP contribution in [0.3, 0.4) is 0 Å². The van der Waals surface area contributed by atoms with Crippen molar-refractivity contribution in [2.75, 3.05) is 6.61 Å². The van der Waals surface area contributed by atoms with Crippen LogP contribution < -0.4 is 10.1 Å². The van der Waals surface area contributed by atoms with E-state index in [1.807, 2.05) is 12.1 Å². The zero-order valence-corrected chi connectivity index (χ0v) is 10.6. The van der Waals surface area contributed by atoms with Gasteiger partial charge in [-0.05, 0) is 37.8 Å². The number of nitriles is 1. The van der Waals surface area contributed by atoms with Crippen LogP contribution in [0.15, 0.2) is 18.3 Å². The summed E-state index contributed by atoms with van der Waals surface area (Å²) in [5.74, 6) is 0.808. The molecule has 1 N–H and O–H groups in total. The van der Waals surface area contributed by atoms with Gasteiger partial charge >= 0.3 is 0 Å². The number of unbranched alkanes of at least 4 members (excludes halogenated alkanes) is 2. The van der Waals surface area contributed by atoms with Gasteiger partial charge in [0.05, 0.1) is 24.6 Å². The van der Waals surface area contributed by atoms with Crippen LogP contribution in [0.1, 0.15) is 37.8 Å². The Morgan fingerprint density at radius 1 is 1.39 bits per heavy atom. The summed E-state index contributed by atoms with van der Waals surface area (Å²) in [5, 5.41) is 11.8. The van der Waals surface area contributed by atoms with Crippen molar-refractivity contribution >= 4 is 0 Å². The van der Waals surface area contributed by atoms with Crippen molar-refractivity contribution in [3.05, 3.63) is 24.0 Å². The molecule has 1 aliphatic rings. The largest absolute Gasteiger partial charge is 0.492 e. The molecule has 0 atom stereocenters. The van der Waals surface area contributed by atoms with Crippen LogP contribution in [0.5, 0.6) is 5.75 Å². The average molecular weight is 245 g/mol. The van der Waals surface area contributed by atoms with Gasteiger partial charge in [0.15, 0.2) is 0 Å². The zero-order valence-electron chi connectivity index (χ0n) is 10.6. The molecule has 4 heteroatoms. The SMILES string of the molecule is N#CCCCCOc1ccc(CNC2CC2)nc1. The highest BCUT2D eigenvalue weighted by Gasteiger charge is 2.19. The maximum absolute atomic E-state index is 8.40. The van der Waals surface area contributed by atoms with Crippen molar-refractivity contribution in [1.82, 2.24) is 10.3 Å². The van der Waals surface area contributed by atoms with Crippen LogP contribution in [0.25, 0.3) is 0 Å². The van der Waals surface area contributed by atoms with E-state index in [4.69, 9.17) is 10.00 Å². The van der Waals surface area contributed by atoms with Crippen LogP contribution in [-0.4, -0.2) is 17.6 Å². The molecule has 0 aliphatic heterocycles. The van der Waals surface area contributed by atoms with Gasteiger partial charge in [0.1, 0.15) is 5.75 Å². The highest BCUT2D eigenvalue weighted by Crippen LogP contribution is 2.19. The molecule has 4 nitrogen and oxygen atoms in total. The third kappa shape index (κ3) is 4.72. The number of ether oxygens (including phenoxy) is 1. The third-order valence-corrected chi connectivity index (χ3v) is 2.90. The Hall–Kier alpha value is -1.60. The lowest BCUT2D eigenvalue weighted by atomic mass is 10.2. The van der Waals surface area contributed by atoms with E-state index in [1.165, 1.54) is 12.8 Å². The summed E-state index contributed by atoms with van der Waals surface area (Å²) in [6, 6.07) is 6.80. The summed E-state index contributed by atoms with van der Waals surface area (Å²) in [7, 11) is 0. The molecule has 0 spiro atoms. The Bertz CT molecular complexity index is 392. The molecular formula is C14H19N3O. The normalized spacial score (nSPS) is 14.2. The smallest absolute Gasteiger partial charge is 0.137 e. The second-order valence-electron chi connectivity index (χ2n) is 4.60. The second kappa shape index (κ2) is 6.97. The van der Waals surface area contributed by atoms with E-state index >= 15 is 0 Å². The predicted octanol–water partition coefficient (Wildman–Crippen LogP) is 2.41. The zero-order chi connectivity index (χ0) is 12.6. The van der Waals surface area contributed by atoms with Crippen LogP contribution in [0.4, 0.5) is 0 Å². The van der Waals surface area contributed by atoms with Gasteiger partial charge in [0, 0.05) is 19.0 Å². The fourth-order valence-electron chi connectivity index (χ4n) is 1.63. The van der Waals surface area contributed by atoms with Crippen LogP contribution in [0.2, 0.25) is 0 Å². The van der Waals surface area contributed by atoms with E-state index in [9.17, 15) is 0 Å². The Kier molecular flexibility index (Phi) is 4.98. The van der Waals surface area contributed by atoms with Gasteiger partial charge in [0.25, 0.3) is 0 Å². The van der Waals surface area contributed by atoms with Crippen LogP contribution in [-0.2, 0) is 6.54 Å². The van der Waals surface area contributed by atoms with Gasteiger partial charge in [-0.15, -0.1) is 0 Å². The van der Waals surface area contributed by atoms with Gasteiger partial charge < -0.3 is 10.1 Å². The first-order valence-corrected chi connectivity index (χ1v) is 6.56. The number of pyridine rings is 1. The molecule has 96 valence electrons. The summed E-state index contributed by atoms with van der Waals surface area (Å²) in [6.07, 6.45) is 6.78. The van der Waals surface area contributed by atoms with E-state index in [1.54, 1.807) is 6.20 Å². The first kappa shape index (κ1) is 12.8. The molecular weight excluding hydrogens is 226 g/mol. The molecule has 1 fully saturated rings. The van der Waals surface area contributed by atoms with Crippen molar-refractivity contribution in [3.8, 4) is 11.8 Å². The molecule has 0 unspecified atom stereocenters. The Labute approximate surface area is 108 Å². The molecule has 1 saturated carbocycles. The van der Waals surface area contributed by atoms with Gasteiger partial charge in [-0.25, -0.2) is 0 Å². The molecule has 0 bridgehead atoms. The highest BCUT2D eigenvalue weighted by atomic mass is 16.5. The number of rotatable bonds is 8. The standard InChI is InChI=1S/C14H19N3O/c15-8-2-1-3-9-18-14-7-6-13(17-11-14)10-16-12-4-5-12/h6-7,11-12,16H,1-5,9-10H2. The van der Waals surface area contributed by atoms with E-state index in [-0.39, 0.29) is 0 Å². The molecule has 2 rings (SSSR count). The minimum atomic E-state index is 0.605. The first-order valence-electron chi connectivity index (χ1n) is 6.56. The summed E-state index contributed by atoms with van der Waals surface area (Å²) >= 11 is 0. The number of hydrogen-bond donors (Lipinski definition) is 1. The highest BCUT2D eigenvalue weighted by molar-refractivity contribution is 5.19. The van der Waals surface area contributed by atoms with Gasteiger partial charge in [-0.1, -0.05) is 0 Å². The molecule has 1 heterocycles. The lowest BCUT2D eigenvalue weighted by molar-refractivity contribution is 0.306. The second-order valence-corrected chi connectivity index (χ2v) is 4.60. The third-order valence-electron chi connectivity index (χ3n) is 2.90. The van der Waals surface area contributed by atoms with Crippen LogP contribution >= 0.6 is 0 Å². The molecule has 0 aromatic carbocycles. The monoisotopic (exact) mass is 245 g/mol. The van der Waals surface area contributed by atoms with Crippen LogP contribution in [0, 0.1) is 11.3 Å². The molecule has 1 aromatic rings. The lowest BCUT2D eigenvalue weighted by Gasteiger charge is -2.06. The predicted molar refractivity (Wildman–Crippen MR) is 69.1 cm³/mol. The fraction of sp³-hybridized carbons (Fsp3) is 0.571. The molecule has 1 aliphatic carbocycles. The van der Waals surface area contributed by atoms with Gasteiger partial charge in [-0.3, -0.25) is 4.98 Å². The average Bonchev–Trinajstić information content (AvgIpc) is 3.22. The Balaban J connectivity index is 1.64. The molecule has 1 aromatic heterocycles. The summed E-state index contributed by atoms with van der Waals surface area (Å²) in [5.41, 5.74) is 1.05. The minimum Gasteiger partial charge on any atom is -0.492 e. The fourth-order valence-corrected chi connectivity index (χ4v) is 1.63. The Morgan fingerprint density at radius 2 is 2.28 bits per heavy atom. The van der Waals surface area contributed by atoms with E-state index in [0.29, 0.717) is 19.1 Å². The number of aromatic nitrogens is 1. The quantitative estimate of drug-likeness (QED) is 0.714. The number of nitrogens with zero attached hydrogens (tertiary/aromatic N) is 2. The molecule has 0 saturated heterocycles. The number of nitrogens with one attached hydrogen (secondary N) is 1. The molecule has 0 radical (unpaired) electrons. The van der Waals surface area contributed by atoms with Crippen molar-refractivity contribution < 1.29 is 4.74 Å². The summed E-state index contributed by atoms with van der Waals surface area (Å²) in [6.45, 7) is 1.50. The van der Waals surface area contributed by atoms with E-state index in [2.05, 4.69) is 16.4 Å². The maximum atomic E-state index is 8.40. The lowest BCUT2D eigenvalue weighted by Crippen LogP contribution is -2.16. The van der Waals surface area contributed by atoms with Gasteiger partial charge in [-0.2, -0.15) is 5.26 Å². The molecule has 0 amide bonds. The Morgan fingerprint density at radius 3 is 2.94 bits per heavy atom. The first-order chi connectivity index (χ1) is 8.88. The van der Waals surface area contributed by atoms with Gasteiger partial charge in [0.2, 0.25) is 0 Å². The summed E-state index contributed by atoms with van der Waals surface area (Å²) in [4.78, 5) is 4.35. The van der Waals surface area contributed by atoms with Crippen molar-refractivity contribution in [2.24, 2.45) is 0 Å². The van der Waals surface area contributed by atoms with Crippen molar-refractivity contribution in [1.29, 1.82) is 5.26 Å². The van der Waals surface area contributed by atoms with Crippen molar-refractivity contribution in [2.45, 2.75) is 44.7 Å². The summed E-state index contributed by atoms with van der Waals surface area (Å²) < 4.78 is 5.55. The van der Waals surface area contributed by atoms with Crippen molar-refractivity contribution in [3.63, 3.8) is 0 Å². The number of hydrogen-bond acceptors (Lipinski definition) is 4. The van der Waals surface area contributed by atoms with E-state index < -0.39 is 0 Å².